The monoisotopic (exact) mass is 316 g/mol. The Bertz CT molecular complexity index is 641. The maximum atomic E-state index is 12.8. The third-order valence-corrected chi connectivity index (χ3v) is 3.53. The van der Waals surface area contributed by atoms with Crippen molar-refractivity contribution in [2.24, 2.45) is 0 Å². The van der Waals surface area contributed by atoms with Gasteiger partial charge in [0, 0.05) is 25.8 Å². The summed E-state index contributed by atoms with van der Waals surface area (Å²) in [4.78, 5) is 22.6. The predicted octanol–water partition coefficient (Wildman–Crippen LogP) is 2.43. The zero-order valence-electron chi connectivity index (χ0n) is 13.4. The third-order valence-electron chi connectivity index (χ3n) is 3.53. The van der Waals surface area contributed by atoms with Crippen molar-refractivity contribution < 1.29 is 9.18 Å². The number of nitrogens with zero attached hydrogens (tertiary/aromatic N) is 3. The Morgan fingerprint density at radius 3 is 2.52 bits per heavy atom. The maximum Gasteiger partial charge on any atom is 0.270 e. The van der Waals surface area contributed by atoms with E-state index in [1.165, 1.54) is 12.1 Å². The van der Waals surface area contributed by atoms with E-state index in [9.17, 15) is 9.18 Å². The molecule has 2 aromatic rings. The van der Waals surface area contributed by atoms with Gasteiger partial charge in [-0.2, -0.15) is 0 Å². The standard InChI is InChI=1S/C17H21FN4O/c1-3-22(4-2)17-20-12-10-15(21-17)16(23)19-11-9-13-5-7-14(18)8-6-13/h5-8,10,12H,3-4,9,11H2,1-2H3,(H,19,23). The number of halogens is 1. The van der Waals surface area contributed by atoms with E-state index in [4.69, 9.17) is 0 Å². The van der Waals surface area contributed by atoms with Gasteiger partial charge in [0.1, 0.15) is 11.5 Å². The average molecular weight is 316 g/mol. The molecular formula is C17H21FN4O. The molecular weight excluding hydrogens is 295 g/mol. The second kappa shape index (κ2) is 8.22. The van der Waals surface area contributed by atoms with Gasteiger partial charge in [0.15, 0.2) is 0 Å². The van der Waals surface area contributed by atoms with E-state index in [2.05, 4.69) is 15.3 Å². The molecule has 0 saturated heterocycles. The highest BCUT2D eigenvalue weighted by atomic mass is 19.1. The van der Waals surface area contributed by atoms with E-state index in [0.717, 1.165) is 18.7 Å². The molecule has 1 aromatic heterocycles. The lowest BCUT2D eigenvalue weighted by atomic mass is 10.1. The molecule has 23 heavy (non-hydrogen) atoms. The van der Waals surface area contributed by atoms with Gasteiger partial charge in [-0.25, -0.2) is 14.4 Å². The second-order valence-electron chi connectivity index (χ2n) is 5.05. The van der Waals surface area contributed by atoms with Crippen molar-refractivity contribution in [3.8, 4) is 0 Å². The van der Waals surface area contributed by atoms with E-state index < -0.39 is 0 Å². The SMILES string of the molecule is CCN(CC)c1nccc(C(=O)NCCc2ccc(F)cc2)n1. The Kier molecular flexibility index (Phi) is 6.02. The summed E-state index contributed by atoms with van der Waals surface area (Å²) in [7, 11) is 0. The third kappa shape index (κ3) is 4.74. The van der Waals surface area contributed by atoms with Crippen LogP contribution in [0.5, 0.6) is 0 Å². The van der Waals surface area contributed by atoms with Gasteiger partial charge in [0.05, 0.1) is 0 Å². The average Bonchev–Trinajstić information content (AvgIpc) is 2.58. The number of aromatic nitrogens is 2. The van der Waals surface area contributed by atoms with Crippen LogP contribution in [0.4, 0.5) is 10.3 Å². The van der Waals surface area contributed by atoms with Crippen LogP contribution in [0, 0.1) is 5.82 Å². The highest BCUT2D eigenvalue weighted by molar-refractivity contribution is 5.92. The molecule has 0 aliphatic rings. The van der Waals surface area contributed by atoms with E-state index in [-0.39, 0.29) is 11.7 Å². The minimum atomic E-state index is -0.261. The van der Waals surface area contributed by atoms with Gasteiger partial charge in [0.2, 0.25) is 5.95 Å². The van der Waals surface area contributed by atoms with Crippen LogP contribution in [0.1, 0.15) is 29.9 Å². The van der Waals surface area contributed by atoms with Crippen LogP contribution in [-0.2, 0) is 6.42 Å². The zero-order valence-corrected chi connectivity index (χ0v) is 13.4. The van der Waals surface area contributed by atoms with Crippen LogP contribution in [0.2, 0.25) is 0 Å². The highest BCUT2D eigenvalue weighted by Crippen LogP contribution is 2.07. The van der Waals surface area contributed by atoms with E-state index in [1.807, 2.05) is 18.7 Å². The van der Waals surface area contributed by atoms with Crippen LogP contribution in [0.25, 0.3) is 0 Å². The van der Waals surface area contributed by atoms with Crippen molar-refractivity contribution in [2.75, 3.05) is 24.5 Å². The molecule has 122 valence electrons. The van der Waals surface area contributed by atoms with Gasteiger partial charge in [0.25, 0.3) is 5.91 Å². The van der Waals surface area contributed by atoms with Gasteiger partial charge in [-0.3, -0.25) is 4.79 Å². The summed E-state index contributed by atoms with van der Waals surface area (Å²) in [5, 5.41) is 2.82. The van der Waals surface area contributed by atoms with Crippen molar-refractivity contribution in [2.45, 2.75) is 20.3 Å². The molecule has 1 amide bonds. The zero-order chi connectivity index (χ0) is 16.7. The Balaban J connectivity index is 1.92. The van der Waals surface area contributed by atoms with Crippen molar-refractivity contribution >= 4 is 11.9 Å². The molecule has 0 saturated carbocycles. The van der Waals surface area contributed by atoms with Crippen LogP contribution >= 0.6 is 0 Å². The first-order valence-corrected chi connectivity index (χ1v) is 7.74. The molecule has 0 spiro atoms. The molecule has 6 heteroatoms. The molecule has 1 aromatic carbocycles. The number of amides is 1. The van der Waals surface area contributed by atoms with Gasteiger partial charge in [-0.05, 0) is 44.0 Å². The molecule has 1 heterocycles. The largest absolute Gasteiger partial charge is 0.350 e. The molecule has 0 atom stereocenters. The van der Waals surface area contributed by atoms with Crippen LogP contribution in [0.15, 0.2) is 36.5 Å². The first-order chi connectivity index (χ1) is 11.1. The summed E-state index contributed by atoms with van der Waals surface area (Å²) in [5.41, 5.74) is 1.32. The molecule has 1 N–H and O–H groups in total. The van der Waals surface area contributed by atoms with Crippen LogP contribution in [0.3, 0.4) is 0 Å². The van der Waals surface area contributed by atoms with E-state index in [0.29, 0.717) is 24.6 Å². The normalized spacial score (nSPS) is 10.4. The number of benzene rings is 1. The molecule has 0 radical (unpaired) electrons. The topological polar surface area (TPSA) is 58.1 Å². The lowest BCUT2D eigenvalue weighted by molar-refractivity contribution is 0.0949. The van der Waals surface area contributed by atoms with Crippen molar-refractivity contribution in [3.05, 3.63) is 53.6 Å². The van der Waals surface area contributed by atoms with E-state index >= 15 is 0 Å². The molecule has 5 nitrogen and oxygen atoms in total. The molecule has 0 unspecified atom stereocenters. The number of hydrogen-bond acceptors (Lipinski definition) is 4. The Hall–Kier alpha value is -2.50. The lowest BCUT2D eigenvalue weighted by Crippen LogP contribution is -2.29. The van der Waals surface area contributed by atoms with Crippen LogP contribution in [-0.4, -0.2) is 35.5 Å². The van der Waals surface area contributed by atoms with Crippen LogP contribution < -0.4 is 10.2 Å². The molecule has 0 fully saturated rings. The van der Waals surface area contributed by atoms with E-state index in [1.54, 1.807) is 24.4 Å². The summed E-state index contributed by atoms with van der Waals surface area (Å²) in [5.74, 6) is 0.0619. The Labute approximate surface area is 135 Å². The maximum absolute atomic E-state index is 12.8. The first-order valence-electron chi connectivity index (χ1n) is 7.74. The van der Waals surface area contributed by atoms with Crippen molar-refractivity contribution in [1.29, 1.82) is 0 Å². The molecule has 0 aliphatic carbocycles. The minimum absolute atomic E-state index is 0.233. The second-order valence-corrected chi connectivity index (χ2v) is 5.05. The number of carbonyl (C=O) groups is 1. The smallest absolute Gasteiger partial charge is 0.270 e. The van der Waals surface area contributed by atoms with Gasteiger partial charge >= 0.3 is 0 Å². The molecule has 0 bridgehead atoms. The van der Waals surface area contributed by atoms with Gasteiger partial charge < -0.3 is 10.2 Å². The number of hydrogen-bond donors (Lipinski definition) is 1. The quantitative estimate of drug-likeness (QED) is 0.852. The lowest BCUT2D eigenvalue weighted by Gasteiger charge is -2.18. The summed E-state index contributed by atoms with van der Waals surface area (Å²) >= 11 is 0. The fourth-order valence-corrected chi connectivity index (χ4v) is 2.20. The molecule has 0 aliphatic heterocycles. The number of carbonyl (C=O) groups excluding carboxylic acids is 1. The fourth-order valence-electron chi connectivity index (χ4n) is 2.20. The highest BCUT2D eigenvalue weighted by Gasteiger charge is 2.11. The Morgan fingerprint density at radius 1 is 1.17 bits per heavy atom. The minimum Gasteiger partial charge on any atom is -0.350 e. The number of anilines is 1. The Morgan fingerprint density at radius 2 is 1.87 bits per heavy atom. The summed E-state index contributed by atoms with van der Waals surface area (Å²) < 4.78 is 12.8. The fraction of sp³-hybridized carbons (Fsp3) is 0.353. The number of rotatable bonds is 7. The summed E-state index contributed by atoms with van der Waals surface area (Å²) in [6, 6.07) is 7.85. The first kappa shape index (κ1) is 16.9. The van der Waals surface area contributed by atoms with Crippen molar-refractivity contribution in [3.63, 3.8) is 0 Å². The van der Waals surface area contributed by atoms with Crippen molar-refractivity contribution in [1.82, 2.24) is 15.3 Å². The van der Waals surface area contributed by atoms with Gasteiger partial charge in [-0.15, -0.1) is 0 Å². The predicted molar refractivity (Wildman–Crippen MR) is 88.0 cm³/mol. The summed E-state index contributed by atoms with van der Waals surface area (Å²) in [6.07, 6.45) is 2.23. The number of nitrogens with one attached hydrogen (secondary N) is 1. The van der Waals surface area contributed by atoms with Gasteiger partial charge in [-0.1, -0.05) is 12.1 Å². The summed E-state index contributed by atoms with van der Waals surface area (Å²) in [6.45, 7) is 6.07. The molecule has 2 rings (SSSR count).